The van der Waals surface area contributed by atoms with Gasteiger partial charge in [-0.25, -0.2) is 19.4 Å². The molecule has 0 aliphatic carbocycles. The molecule has 12 nitrogen and oxygen atoms in total. The van der Waals surface area contributed by atoms with Crippen LogP contribution in [0.1, 0.15) is 71.4 Å². The van der Waals surface area contributed by atoms with E-state index in [4.69, 9.17) is 52.1 Å². The first-order chi connectivity index (χ1) is 32.4. The van der Waals surface area contributed by atoms with Crippen LogP contribution in [-0.4, -0.2) is 87.6 Å². The normalized spacial score (nSPS) is 19.1. The zero-order valence-corrected chi connectivity index (χ0v) is 43.2. The number of rotatable bonds is 15. The number of unbranched alkanes of at least 4 members (excludes halogenated alkanes) is 2. The number of halogens is 6. The summed E-state index contributed by atoms with van der Waals surface area (Å²) in [6.07, 6.45) is 3.14. The van der Waals surface area contributed by atoms with Gasteiger partial charge in [-0.1, -0.05) is 115 Å². The third kappa shape index (κ3) is 10.7. The van der Waals surface area contributed by atoms with E-state index in [9.17, 15) is 28.8 Å². The second kappa shape index (κ2) is 21.5. The first kappa shape index (κ1) is 51.1. The van der Waals surface area contributed by atoms with Crippen LogP contribution in [0.3, 0.4) is 0 Å². The highest BCUT2D eigenvalue weighted by atomic mass is 79.9. The van der Waals surface area contributed by atoms with Crippen molar-refractivity contribution in [2.75, 3.05) is 36.0 Å². The van der Waals surface area contributed by atoms with Crippen LogP contribution in [0, 0.1) is 0 Å². The predicted octanol–water partition coefficient (Wildman–Crippen LogP) is 11.9. The molecular formula is C50H46Br2Cl4N6O6. The molecule has 68 heavy (non-hydrogen) atoms. The van der Waals surface area contributed by atoms with Crippen molar-refractivity contribution in [3.63, 3.8) is 0 Å². The van der Waals surface area contributed by atoms with Crippen molar-refractivity contribution in [1.29, 1.82) is 0 Å². The molecule has 0 saturated carbocycles. The highest BCUT2D eigenvalue weighted by Gasteiger charge is 2.56. The van der Waals surface area contributed by atoms with Crippen molar-refractivity contribution in [3.8, 4) is 0 Å². The van der Waals surface area contributed by atoms with E-state index in [0.717, 1.165) is 37.8 Å². The quantitative estimate of drug-likeness (QED) is 0.0624. The summed E-state index contributed by atoms with van der Waals surface area (Å²) in [6.45, 7) is 5.02. The molecule has 354 valence electrons. The lowest BCUT2D eigenvalue weighted by molar-refractivity contribution is -0.124. The monoisotopic (exact) mass is 1120 g/mol. The Labute approximate surface area is 431 Å². The first-order valence-corrected chi connectivity index (χ1v) is 24.8. The summed E-state index contributed by atoms with van der Waals surface area (Å²) in [4.78, 5) is 86.6. The lowest BCUT2D eigenvalue weighted by Crippen LogP contribution is -2.49. The van der Waals surface area contributed by atoms with E-state index < -0.39 is 17.1 Å². The van der Waals surface area contributed by atoms with E-state index in [1.165, 1.54) is 28.0 Å². The highest BCUT2D eigenvalue weighted by molar-refractivity contribution is 9.10. The molecule has 3 heterocycles. The number of hydrogen-bond acceptors (Lipinski definition) is 7. The Morgan fingerprint density at radius 3 is 1.22 bits per heavy atom. The van der Waals surface area contributed by atoms with Gasteiger partial charge in [-0.3, -0.25) is 24.1 Å². The average molecular weight is 1130 g/mol. The third-order valence-electron chi connectivity index (χ3n) is 12.2. The van der Waals surface area contributed by atoms with Crippen LogP contribution in [0.25, 0.3) is 0 Å². The smallest absolute Gasteiger partial charge is 0.330 e. The Balaban J connectivity index is 0.000000211. The summed E-state index contributed by atoms with van der Waals surface area (Å²) in [7, 11) is 0. The molecule has 8 amide bonds. The molecule has 5 aromatic carbocycles. The minimum Gasteiger partial charge on any atom is -0.330 e. The summed E-state index contributed by atoms with van der Waals surface area (Å²) in [6, 6.07) is 30.6. The van der Waals surface area contributed by atoms with E-state index in [0.29, 0.717) is 81.4 Å². The van der Waals surface area contributed by atoms with Crippen molar-refractivity contribution in [3.05, 3.63) is 160 Å². The number of amides is 8. The van der Waals surface area contributed by atoms with Gasteiger partial charge in [0.25, 0.3) is 23.6 Å². The molecule has 2 fully saturated rings. The van der Waals surface area contributed by atoms with Gasteiger partial charge in [0.05, 0.1) is 22.5 Å². The van der Waals surface area contributed by atoms with Gasteiger partial charge < -0.3 is 15.5 Å². The van der Waals surface area contributed by atoms with E-state index in [-0.39, 0.29) is 42.7 Å². The van der Waals surface area contributed by atoms with Crippen molar-refractivity contribution in [1.82, 2.24) is 14.7 Å². The summed E-state index contributed by atoms with van der Waals surface area (Å²) < 4.78 is 1.86. The molecule has 0 bridgehead atoms. The standard InChI is InChI=1S/C29H24BrCl2N3O4.C21H22BrCl2N3O2/c1-29(17-18-8-10-19(30)11-9-18)27(38)35(22-15-20(31)14-21(32)16-22)28(39)34(29)13-5-4-12-33-25(36)23-6-2-3-7-24(23)26(33)37;1-21(13-14-4-6-15(22)7-5-14)19(28)27(18-11-16(23)10-17(24)12-18)20(29)26(21)9-3-2-8-25/h2-3,6-11,14-16H,4-5,12-13,17H2,1H3;4-7,10-12H,2-3,8-9,13,25H2,1H3/t29-;21-/m11/s1. The second-order valence-electron chi connectivity index (χ2n) is 17.1. The average Bonchev–Trinajstić information content (AvgIpc) is 3.72. The molecule has 0 unspecified atom stereocenters. The Morgan fingerprint density at radius 1 is 0.500 bits per heavy atom. The molecule has 8 rings (SSSR count). The Bertz CT molecular complexity index is 2710. The zero-order chi connectivity index (χ0) is 49.1. The number of carbonyl (C=O) groups excluding carboxylic acids is 6. The fraction of sp³-hybridized carbons (Fsp3) is 0.280. The second-order valence-corrected chi connectivity index (χ2v) is 20.6. The van der Waals surface area contributed by atoms with E-state index in [1.807, 2.05) is 55.5 Å². The van der Waals surface area contributed by atoms with E-state index >= 15 is 0 Å². The molecule has 0 radical (unpaired) electrons. The van der Waals surface area contributed by atoms with Crippen molar-refractivity contribution in [2.24, 2.45) is 5.73 Å². The number of carbonyl (C=O) groups is 6. The SMILES string of the molecule is C[C@@]1(Cc2ccc(Br)cc2)C(=O)N(c2cc(Cl)cc(Cl)c2)C(=O)N1CCCCN.C[C@@]1(Cc2ccc(Br)cc2)C(=O)N(c2cc(Cl)cc(Cl)c2)C(=O)N1CCCCN1C(=O)c2ccccc2C1=O. The third-order valence-corrected chi connectivity index (χ3v) is 14.2. The predicted molar refractivity (Wildman–Crippen MR) is 274 cm³/mol. The van der Waals surface area contributed by atoms with Gasteiger partial charge in [-0.15, -0.1) is 0 Å². The fourth-order valence-corrected chi connectivity index (χ4v) is 10.3. The van der Waals surface area contributed by atoms with Gasteiger partial charge in [0.15, 0.2) is 0 Å². The maximum Gasteiger partial charge on any atom is 0.332 e. The number of benzene rings is 5. The van der Waals surface area contributed by atoms with Crippen molar-refractivity contribution >= 4 is 125 Å². The molecule has 2 atom stereocenters. The van der Waals surface area contributed by atoms with Gasteiger partial charge in [0, 0.05) is 61.5 Å². The van der Waals surface area contributed by atoms with Crippen LogP contribution in [0.2, 0.25) is 20.1 Å². The first-order valence-electron chi connectivity index (χ1n) is 21.7. The molecule has 0 spiro atoms. The van der Waals surface area contributed by atoms with Gasteiger partial charge in [0.1, 0.15) is 11.1 Å². The summed E-state index contributed by atoms with van der Waals surface area (Å²) in [5.41, 5.74) is 6.77. The van der Waals surface area contributed by atoms with Crippen LogP contribution < -0.4 is 15.5 Å². The summed E-state index contributed by atoms with van der Waals surface area (Å²) >= 11 is 31.5. The summed E-state index contributed by atoms with van der Waals surface area (Å²) in [5.74, 6) is -1.30. The van der Waals surface area contributed by atoms with Gasteiger partial charge in [-0.05, 0) is 130 Å². The maximum absolute atomic E-state index is 13.9. The van der Waals surface area contributed by atoms with Crippen LogP contribution in [0.15, 0.2) is 118 Å². The number of hydrogen-bond donors (Lipinski definition) is 1. The van der Waals surface area contributed by atoms with Gasteiger partial charge in [0.2, 0.25) is 0 Å². The lowest BCUT2D eigenvalue weighted by atomic mass is 9.91. The topological polar surface area (TPSA) is 145 Å². The van der Waals surface area contributed by atoms with Crippen LogP contribution >= 0.6 is 78.3 Å². The van der Waals surface area contributed by atoms with Gasteiger partial charge in [-0.2, -0.15) is 0 Å². The fourth-order valence-electron chi connectivity index (χ4n) is 8.76. The molecule has 3 aliphatic rings. The van der Waals surface area contributed by atoms with Crippen LogP contribution in [0.4, 0.5) is 21.0 Å². The molecule has 2 N–H and O–H groups in total. The van der Waals surface area contributed by atoms with Crippen LogP contribution in [-0.2, 0) is 22.4 Å². The van der Waals surface area contributed by atoms with Gasteiger partial charge >= 0.3 is 12.1 Å². The lowest BCUT2D eigenvalue weighted by Gasteiger charge is -2.32. The van der Waals surface area contributed by atoms with E-state index in [1.54, 1.807) is 59.2 Å². The number of urea groups is 2. The zero-order valence-electron chi connectivity index (χ0n) is 37.0. The maximum atomic E-state index is 13.9. The number of anilines is 2. The minimum absolute atomic E-state index is 0.222. The largest absolute Gasteiger partial charge is 0.332 e. The molecule has 2 saturated heterocycles. The number of imide groups is 3. The Hall–Kier alpha value is -4.80. The molecule has 0 aromatic heterocycles. The highest BCUT2D eigenvalue weighted by Crippen LogP contribution is 2.39. The Morgan fingerprint density at radius 2 is 0.853 bits per heavy atom. The molecule has 5 aromatic rings. The Kier molecular flexibility index (Phi) is 16.1. The van der Waals surface area contributed by atoms with Crippen LogP contribution in [0.5, 0.6) is 0 Å². The number of nitrogens with zero attached hydrogens (tertiary/aromatic N) is 5. The number of fused-ring (bicyclic) bond motifs is 1. The molecule has 3 aliphatic heterocycles. The molecule has 18 heteroatoms. The van der Waals surface area contributed by atoms with Crippen molar-refractivity contribution in [2.45, 2.75) is 63.5 Å². The van der Waals surface area contributed by atoms with E-state index in [2.05, 4.69) is 31.9 Å². The minimum atomic E-state index is -1.17. The number of nitrogens with two attached hydrogens (primary N) is 1. The molecular weight excluding hydrogens is 1080 g/mol. The van der Waals surface area contributed by atoms with Crippen molar-refractivity contribution < 1.29 is 28.8 Å². The summed E-state index contributed by atoms with van der Waals surface area (Å²) in [5, 5.41) is 1.35.